The number of urea groups is 1. The molecule has 13 nitrogen and oxygen atoms in total. The van der Waals surface area contributed by atoms with Crippen LogP contribution in [0.2, 0.25) is 0 Å². The number of carbonyl (C=O) groups excluding carboxylic acids is 7. The molecule has 0 aromatic carbocycles. The zero-order valence-corrected chi connectivity index (χ0v) is 32.4. The van der Waals surface area contributed by atoms with Crippen molar-refractivity contribution >= 4 is 41.4 Å². The summed E-state index contributed by atoms with van der Waals surface area (Å²) in [5, 5.41) is 11.3. The zero-order valence-electron chi connectivity index (χ0n) is 32.4. The van der Waals surface area contributed by atoms with E-state index in [1.165, 1.54) is 11.0 Å². The predicted molar refractivity (Wildman–Crippen MR) is 196 cm³/mol. The van der Waals surface area contributed by atoms with Crippen LogP contribution in [0.1, 0.15) is 119 Å². The number of Topliss-reactive ketones (excluding diaryl/α,β-unsaturated/α-hetero) is 1. The van der Waals surface area contributed by atoms with Crippen molar-refractivity contribution < 1.29 is 33.6 Å². The first kappa shape index (κ1) is 41.0. The first-order valence-electron chi connectivity index (χ1n) is 19.2. The number of fused-ring (bicyclic) bond motifs is 3. The molecule has 6 atom stereocenters. The van der Waals surface area contributed by atoms with E-state index in [1.54, 1.807) is 4.90 Å². The van der Waals surface area contributed by atoms with Gasteiger partial charge >= 0.3 is 6.03 Å². The molecule has 0 unspecified atom stereocenters. The van der Waals surface area contributed by atoms with Gasteiger partial charge in [-0.25, -0.2) is 4.79 Å². The molecule has 0 aromatic rings. The lowest BCUT2D eigenvalue weighted by atomic mass is 9.80. The Morgan fingerprint density at radius 3 is 2.08 bits per heavy atom. The number of hydrogen-bond donors (Lipinski definition) is 4. The Balaban J connectivity index is 1.55. The summed E-state index contributed by atoms with van der Waals surface area (Å²) < 4.78 is 0. The van der Waals surface area contributed by atoms with E-state index in [-0.39, 0.29) is 60.9 Å². The van der Waals surface area contributed by atoms with Crippen molar-refractivity contribution in [2.75, 3.05) is 19.6 Å². The Bertz CT molecular complexity index is 1400. The van der Waals surface area contributed by atoms with Gasteiger partial charge in [0.2, 0.25) is 29.4 Å². The fourth-order valence-corrected chi connectivity index (χ4v) is 8.28. The fraction of sp³-hybridized carbons (Fsp3) is 0.769. The Morgan fingerprint density at radius 1 is 0.923 bits per heavy atom. The van der Waals surface area contributed by atoms with Crippen LogP contribution in [-0.2, 0) is 28.8 Å². The van der Waals surface area contributed by atoms with E-state index < -0.39 is 58.6 Å². The van der Waals surface area contributed by atoms with Crippen LogP contribution in [0.25, 0.3) is 0 Å². The molecule has 4 rings (SSSR count). The molecule has 1 saturated carbocycles. The molecule has 4 aliphatic rings. The van der Waals surface area contributed by atoms with Crippen molar-refractivity contribution in [2.45, 2.75) is 143 Å². The smallest absolute Gasteiger partial charge is 0.315 e. The third kappa shape index (κ3) is 9.80. The van der Waals surface area contributed by atoms with E-state index in [9.17, 15) is 33.6 Å². The maximum absolute atomic E-state index is 14.4. The first-order chi connectivity index (χ1) is 24.3. The third-order valence-corrected chi connectivity index (χ3v) is 11.7. The highest BCUT2D eigenvalue weighted by molar-refractivity contribution is 6.38. The summed E-state index contributed by atoms with van der Waals surface area (Å²) in [6.07, 6.45) is 8.56. The zero-order chi connectivity index (χ0) is 38.6. The highest BCUT2D eigenvalue weighted by Gasteiger charge is 2.69. The average Bonchev–Trinajstić information content (AvgIpc) is 3.35. The summed E-state index contributed by atoms with van der Waals surface area (Å²) in [7, 11) is 0. The second kappa shape index (κ2) is 16.5. The standard InChI is InChI=1S/C39H62N6O7/c1-9-19-40-34(50)32(48)25-17-15-13-11-10-12-14-16-18-26(35(51)45-22-24-30(39(24,7)8)31(45)33(49)41-25)42-36(52)43-27(37(2,3)4)23-44-28(46)20-38(5,6)21-29(44)47/h9,24-27,30-31H,1,10-23H2,2-8H3,(H,40,50)(H,41,49)(H2,42,43,52)/t24-,25+,26+,27+,30-,31-/m0/s1. The van der Waals surface area contributed by atoms with Crippen molar-refractivity contribution in [3.8, 4) is 0 Å². The number of likely N-dealkylation sites (tertiary alicyclic amines) is 1. The van der Waals surface area contributed by atoms with Crippen LogP contribution in [-0.4, -0.2) is 95.0 Å². The van der Waals surface area contributed by atoms with Gasteiger partial charge in [-0.2, -0.15) is 0 Å². The number of nitrogens with one attached hydrogen (secondary N) is 4. The molecule has 0 spiro atoms. The number of amides is 7. The highest BCUT2D eigenvalue weighted by Crippen LogP contribution is 2.65. The molecule has 52 heavy (non-hydrogen) atoms. The van der Waals surface area contributed by atoms with Crippen LogP contribution < -0.4 is 21.3 Å². The predicted octanol–water partition coefficient (Wildman–Crippen LogP) is 3.61. The number of imide groups is 1. The summed E-state index contributed by atoms with van der Waals surface area (Å²) in [6.45, 7) is 17.7. The normalized spacial score (nSPS) is 28.9. The molecule has 1 aliphatic carbocycles. The van der Waals surface area contributed by atoms with E-state index in [1.807, 2.05) is 34.6 Å². The quantitative estimate of drug-likeness (QED) is 0.168. The number of nitrogens with zero attached hydrogens (tertiary/aromatic N) is 2. The van der Waals surface area contributed by atoms with Gasteiger partial charge in [0.1, 0.15) is 12.1 Å². The molecule has 0 radical (unpaired) electrons. The number of ketones is 1. The molecule has 3 saturated heterocycles. The molecular formula is C39H62N6O7. The van der Waals surface area contributed by atoms with E-state index in [0.717, 1.165) is 32.1 Å². The largest absolute Gasteiger partial charge is 0.346 e. The first-order valence-corrected chi connectivity index (χ1v) is 19.2. The van der Waals surface area contributed by atoms with Crippen LogP contribution in [0.3, 0.4) is 0 Å². The molecule has 0 aromatic heterocycles. The monoisotopic (exact) mass is 726 g/mol. The van der Waals surface area contributed by atoms with Gasteiger partial charge in [0.05, 0.1) is 12.1 Å². The van der Waals surface area contributed by atoms with Crippen LogP contribution >= 0.6 is 0 Å². The van der Waals surface area contributed by atoms with Crippen molar-refractivity contribution in [3.63, 3.8) is 0 Å². The Kier molecular flexibility index (Phi) is 13.0. The van der Waals surface area contributed by atoms with Gasteiger partial charge in [-0.1, -0.05) is 99.5 Å². The van der Waals surface area contributed by atoms with Crippen molar-refractivity contribution in [2.24, 2.45) is 28.1 Å². The Morgan fingerprint density at radius 2 is 1.50 bits per heavy atom. The van der Waals surface area contributed by atoms with E-state index in [0.29, 0.717) is 32.2 Å². The van der Waals surface area contributed by atoms with Gasteiger partial charge in [0.15, 0.2) is 0 Å². The summed E-state index contributed by atoms with van der Waals surface area (Å²) in [4.78, 5) is 97.0. The van der Waals surface area contributed by atoms with Crippen LogP contribution in [0, 0.1) is 28.1 Å². The average molecular weight is 727 g/mol. The number of rotatable bonds is 8. The molecule has 7 amide bonds. The Hall–Kier alpha value is -3.77. The number of piperidine rings is 2. The van der Waals surface area contributed by atoms with Gasteiger partial charge in [-0.15, -0.1) is 6.58 Å². The number of carbonyl (C=O) groups is 7. The lowest BCUT2D eigenvalue weighted by molar-refractivity contribution is -0.153. The maximum atomic E-state index is 14.4. The molecule has 0 bridgehead atoms. The van der Waals surface area contributed by atoms with Crippen molar-refractivity contribution in [1.29, 1.82) is 0 Å². The minimum atomic E-state index is -1.03. The minimum absolute atomic E-state index is 0.0155. The van der Waals surface area contributed by atoms with Gasteiger partial charge in [-0.3, -0.25) is 33.7 Å². The Labute approximate surface area is 309 Å². The van der Waals surface area contributed by atoms with E-state index in [4.69, 9.17) is 0 Å². The minimum Gasteiger partial charge on any atom is -0.346 e. The summed E-state index contributed by atoms with van der Waals surface area (Å²) in [6, 6.07) is -4.00. The van der Waals surface area contributed by atoms with Crippen molar-refractivity contribution in [3.05, 3.63) is 12.7 Å². The molecule has 13 heteroatoms. The lowest BCUT2D eigenvalue weighted by Gasteiger charge is -2.40. The molecular weight excluding hydrogens is 664 g/mol. The van der Waals surface area contributed by atoms with Crippen LogP contribution in [0.15, 0.2) is 12.7 Å². The molecule has 290 valence electrons. The molecule has 4 fully saturated rings. The topological polar surface area (TPSA) is 174 Å². The second-order valence-corrected chi connectivity index (χ2v) is 17.9. The van der Waals surface area contributed by atoms with Crippen molar-refractivity contribution in [1.82, 2.24) is 31.1 Å². The second-order valence-electron chi connectivity index (χ2n) is 17.9. The van der Waals surface area contributed by atoms with Gasteiger partial charge in [0, 0.05) is 32.5 Å². The molecule has 3 heterocycles. The van der Waals surface area contributed by atoms with Crippen LogP contribution in [0.4, 0.5) is 4.79 Å². The highest BCUT2D eigenvalue weighted by atomic mass is 16.2. The summed E-state index contributed by atoms with van der Waals surface area (Å²) >= 11 is 0. The van der Waals surface area contributed by atoms with Crippen LogP contribution in [0.5, 0.6) is 0 Å². The van der Waals surface area contributed by atoms with Gasteiger partial charge in [-0.05, 0) is 40.9 Å². The van der Waals surface area contributed by atoms with E-state index >= 15 is 0 Å². The maximum Gasteiger partial charge on any atom is 0.315 e. The SMILES string of the molecule is C=CCNC(=O)C(=O)[C@H]1CCCCCCCCC[C@@H](NC(=O)N[C@H](CN2C(=O)CC(C)(C)CC2=O)C(C)(C)C)C(=O)N2C[C@H]3[C@@H]([C@H]2C(=O)N1)C3(C)C. The fourth-order valence-electron chi connectivity index (χ4n) is 8.28. The number of hydrogen-bond acceptors (Lipinski definition) is 7. The molecule has 4 N–H and O–H groups in total. The molecule has 3 aliphatic heterocycles. The van der Waals surface area contributed by atoms with E-state index in [2.05, 4.69) is 41.7 Å². The third-order valence-electron chi connectivity index (χ3n) is 11.7. The lowest BCUT2D eigenvalue weighted by Crippen LogP contribution is -2.61. The summed E-state index contributed by atoms with van der Waals surface area (Å²) in [5.41, 5.74) is -1.15. The summed E-state index contributed by atoms with van der Waals surface area (Å²) in [5.74, 6) is -2.95. The van der Waals surface area contributed by atoms with Gasteiger partial charge < -0.3 is 26.2 Å². The van der Waals surface area contributed by atoms with Gasteiger partial charge in [0.25, 0.3) is 5.91 Å².